The lowest BCUT2D eigenvalue weighted by Crippen LogP contribution is -2.41. The minimum atomic E-state index is -3.36. The molecule has 19 heavy (non-hydrogen) atoms. The predicted octanol–water partition coefficient (Wildman–Crippen LogP) is 1.04. The molecule has 0 bridgehead atoms. The molecule has 1 aliphatic heterocycles. The molecule has 108 valence electrons. The van der Waals surface area contributed by atoms with Crippen LogP contribution in [0.15, 0.2) is 30.3 Å². The standard InChI is InChI=1S/C12H19N3O2S.ClH/c13-12(11-6-2-1-3-7-11)10-14-18(16,17)15-8-4-5-9-15;/h1-3,6-7,12,14H,4-5,8-10,13H2;1H. The highest BCUT2D eigenvalue weighted by atomic mass is 35.5. The van der Waals surface area contributed by atoms with Crippen molar-refractivity contribution in [3.8, 4) is 0 Å². The SMILES string of the molecule is Cl.NC(CNS(=O)(=O)N1CCCC1)c1ccccc1. The van der Waals surface area contributed by atoms with E-state index in [1.807, 2.05) is 30.3 Å². The van der Waals surface area contributed by atoms with Crippen molar-refractivity contribution in [2.24, 2.45) is 5.73 Å². The van der Waals surface area contributed by atoms with Crippen molar-refractivity contribution in [1.29, 1.82) is 0 Å². The van der Waals surface area contributed by atoms with Crippen LogP contribution in [0.2, 0.25) is 0 Å². The molecule has 5 nitrogen and oxygen atoms in total. The maximum atomic E-state index is 11.9. The Morgan fingerprint density at radius 2 is 1.79 bits per heavy atom. The molecular weight excluding hydrogens is 286 g/mol. The average molecular weight is 306 g/mol. The number of rotatable bonds is 5. The van der Waals surface area contributed by atoms with Crippen LogP contribution >= 0.6 is 12.4 Å². The molecule has 2 rings (SSSR count). The molecule has 1 unspecified atom stereocenters. The fourth-order valence-electron chi connectivity index (χ4n) is 2.03. The highest BCUT2D eigenvalue weighted by molar-refractivity contribution is 7.87. The quantitative estimate of drug-likeness (QED) is 0.853. The first-order valence-corrected chi connectivity index (χ1v) is 7.59. The fraction of sp³-hybridized carbons (Fsp3) is 0.500. The topological polar surface area (TPSA) is 75.4 Å². The van der Waals surface area contributed by atoms with E-state index in [4.69, 9.17) is 5.73 Å². The summed E-state index contributed by atoms with van der Waals surface area (Å²) in [5.74, 6) is 0. The Labute approximate surface area is 120 Å². The van der Waals surface area contributed by atoms with Gasteiger partial charge in [0.25, 0.3) is 10.2 Å². The van der Waals surface area contributed by atoms with Crippen LogP contribution in [-0.4, -0.2) is 32.4 Å². The number of halogens is 1. The van der Waals surface area contributed by atoms with Crippen LogP contribution < -0.4 is 10.5 Å². The van der Waals surface area contributed by atoms with E-state index < -0.39 is 10.2 Å². The Morgan fingerprint density at radius 1 is 1.21 bits per heavy atom. The summed E-state index contributed by atoms with van der Waals surface area (Å²) >= 11 is 0. The lowest BCUT2D eigenvalue weighted by Gasteiger charge is -2.18. The molecule has 0 aromatic heterocycles. The van der Waals surface area contributed by atoms with E-state index in [1.165, 1.54) is 4.31 Å². The van der Waals surface area contributed by atoms with Crippen molar-refractivity contribution in [3.05, 3.63) is 35.9 Å². The summed E-state index contributed by atoms with van der Waals surface area (Å²) in [6.07, 6.45) is 1.87. The fourth-order valence-corrected chi connectivity index (χ4v) is 3.34. The summed E-state index contributed by atoms with van der Waals surface area (Å²) in [4.78, 5) is 0. The number of benzene rings is 1. The first kappa shape index (κ1) is 16.4. The first-order valence-electron chi connectivity index (χ1n) is 6.15. The van der Waals surface area contributed by atoms with Gasteiger partial charge >= 0.3 is 0 Å². The predicted molar refractivity (Wildman–Crippen MR) is 78.3 cm³/mol. The second-order valence-electron chi connectivity index (χ2n) is 4.48. The molecule has 1 aromatic carbocycles. The molecule has 3 N–H and O–H groups in total. The zero-order valence-corrected chi connectivity index (χ0v) is 12.3. The van der Waals surface area contributed by atoms with Gasteiger partial charge in [-0.1, -0.05) is 30.3 Å². The van der Waals surface area contributed by atoms with Gasteiger partial charge in [-0.05, 0) is 18.4 Å². The van der Waals surface area contributed by atoms with Crippen LogP contribution in [0, 0.1) is 0 Å². The number of nitrogens with two attached hydrogens (primary N) is 1. The Bertz CT molecular complexity index is 475. The first-order chi connectivity index (χ1) is 8.59. The molecule has 1 aliphatic rings. The van der Waals surface area contributed by atoms with Crippen molar-refractivity contribution in [3.63, 3.8) is 0 Å². The highest BCUT2D eigenvalue weighted by Crippen LogP contribution is 2.13. The maximum absolute atomic E-state index is 11.9. The molecule has 1 saturated heterocycles. The highest BCUT2D eigenvalue weighted by Gasteiger charge is 2.25. The Balaban J connectivity index is 0.00000180. The summed E-state index contributed by atoms with van der Waals surface area (Å²) in [6, 6.07) is 9.17. The van der Waals surface area contributed by atoms with Gasteiger partial charge in [-0.3, -0.25) is 0 Å². The molecule has 1 fully saturated rings. The second kappa shape index (κ2) is 7.21. The molecule has 0 amide bonds. The van der Waals surface area contributed by atoms with Gasteiger partial charge in [0.05, 0.1) is 0 Å². The molecule has 1 heterocycles. The average Bonchev–Trinajstić information content (AvgIpc) is 2.92. The number of nitrogens with zero attached hydrogens (tertiary/aromatic N) is 1. The zero-order valence-electron chi connectivity index (χ0n) is 10.7. The van der Waals surface area contributed by atoms with Crippen molar-refractivity contribution in [2.45, 2.75) is 18.9 Å². The largest absolute Gasteiger partial charge is 0.323 e. The van der Waals surface area contributed by atoms with Crippen LogP contribution in [-0.2, 0) is 10.2 Å². The maximum Gasteiger partial charge on any atom is 0.279 e. The Morgan fingerprint density at radius 3 is 2.37 bits per heavy atom. The van der Waals surface area contributed by atoms with Gasteiger partial charge in [0.15, 0.2) is 0 Å². The van der Waals surface area contributed by atoms with Crippen molar-refractivity contribution in [2.75, 3.05) is 19.6 Å². The molecule has 1 aromatic rings. The zero-order chi connectivity index (χ0) is 13.0. The van der Waals surface area contributed by atoms with E-state index >= 15 is 0 Å². The third-order valence-corrected chi connectivity index (χ3v) is 4.69. The summed E-state index contributed by atoms with van der Waals surface area (Å²) in [5, 5.41) is 0. The Hall–Kier alpha value is -0.660. The minimum Gasteiger partial charge on any atom is -0.323 e. The molecule has 0 aliphatic carbocycles. The van der Waals surface area contributed by atoms with Crippen molar-refractivity contribution >= 4 is 22.6 Å². The van der Waals surface area contributed by atoms with Crippen LogP contribution in [0.25, 0.3) is 0 Å². The van der Waals surface area contributed by atoms with E-state index in [2.05, 4.69) is 4.72 Å². The summed E-state index contributed by atoms with van der Waals surface area (Å²) in [7, 11) is -3.36. The minimum absolute atomic E-state index is 0. The van der Waals surface area contributed by atoms with E-state index in [0.29, 0.717) is 13.1 Å². The normalized spacial score (nSPS) is 17.9. The van der Waals surface area contributed by atoms with Gasteiger partial charge in [0.2, 0.25) is 0 Å². The molecule has 1 atom stereocenters. The lowest BCUT2D eigenvalue weighted by molar-refractivity contribution is 0.461. The second-order valence-corrected chi connectivity index (χ2v) is 6.23. The van der Waals surface area contributed by atoms with Crippen molar-refractivity contribution < 1.29 is 8.42 Å². The van der Waals surface area contributed by atoms with E-state index in [0.717, 1.165) is 18.4 Å². The molecule has 0 radical (unpaired) electrons. The summed E-state index contributed by atoms with van der Waals surface area (Å²) in [5.41, 5.74) is 6.89. The third kappa shape index (κ3) is 4.43. The van der Waals surface area contributed by atoms with Crippen LogP contribution in [0.4, 0.5) is 0 Å². The number of nitrogens with one attached hydrogen (secondary N) is 1. The van der Waals surface area contributed by atoms with Crippen LogP contribution in [0.1, 0.15) is 24.4 Å². The number of hydrogen-bond donors (Lipinski definition) is 2. The monoisotopic (exact) mass is 305 g/mol. The van der Waals surface area contributed by atoms with Gasteiger partial charge in [-0.15, -0.1) is 12.4 Å². The van der Waals surface area contributed by atoms with Crippen molar-refractivity contribution in [1.82, 2.24) is 9.03 Å². The number of hydrogen-bond acceptors (Lipinski definition) is 3. The van der Waals surface area contributed by atoms with Gasteiger partial charge < -0.3 is 5.73 Å². The van der Waals surface area contributed by atoms with Crippen LogP contribution in [0.5, 0.6) is 0 Å². The summed E-state index contributed by atoms with van der Waals surface area (Å²) < 4.78 is 27.9. The Kier molecular flexibility index (Phi) is 6.22. The van der Waals surface area contributed by atoms with E-state index in [1.54, 1.807) is 0 Å². The van der Waals surface area contributed by atoms with Gasteiger partial charge in [-0.2, -0.15) is 12.7 Å². The lowest BCUT2D eigenvalue weighted by atomic mass is 10.1. The molecule has 7 heteroatoms. The van der Waals surface area contributed by atoms with Gasteiger partial charge in [0, 0.05) is 25.7 Å². The molecule has 0 spiro atoms. The van der Waals surface area contributed by atoms with E-state index in [9.17, 15) is 8.42 Å². The van der Waals surface area contributed by atoms with Gasteiger partial charge in [0.1, 0.15) is 0 Å². The van der Waals surface area contributed by atoms with Gasteiger partial charge in [-0.25, -0.2) is 4.72 Å². The molecule has 0 saturated carbocycles. The van der Waals surface area contributed by atoms with Crippen LogP contribution in [0.3, 0.4) is 0 Å². The molecular formula is C12H20ClN3O2S. The smallest absolute Gasteiger partial charge is 0.279 e. The van der Waals surface area contributed by atoms with E-state index in [-0.39, 0.29) is 25.0 Å². The third-order valence-electron chi connectivity index (χ3n) is 3.12. The summed E-state index contributed by atoms with van der Waals surface area (Å²) in [6.45, 7) is 1.44.